The quantitative estimate of drug-likeness (QED) is 0.220. The van der Waals surface area contributed by atoms with E-state index >= 15 is 0 Å². The molecular formula is C26H36F2O6. The third-order valence-electron chi connectivity index (χ3n) is 5.70. The summed E-state index contributed by atoms with van der Waals surface area (Å²) < 4.78 is 36.1. The minimum absolute atomic E-state index is 0.120. The number of hydrogen-bond donors (Lipinski definition) is 3. The number of carbonyl (C=O) groups excluding carboxylic acids is 1. The molecule has 8 heteroatoms. The smallest absolute Gasteiger partial charge is 0.306 e. The molecule has 0 aliphatic heterocycles. The first-order valence-corrected chi connectivity index (χ1v) is 11.7. The largest absolute Gasteiger partial charge is 0.491 e. The Labute approximate surface area is 199 Å². The zero-order valence-corrected chi connectivity index (χ0v) is 19.7. The summed E-state index contributed by atoms with van der Waals surface area (Å²) in [6, 6.07) is 5.53. The summed E-state index contributed by atoms with van der Waals surface area (Å²) in [5.74, 6) is -0.518. The number of rotatable bonds is 13. The van der Waals surface area contributed by atoms with Gasteiger partial charge in [-0.05, 0) is 51.2 Å². The second-order valence-corrected chi connectivity index (χ2v) is 8.89. The zero-order chi connectivity index (χ0) is 25.1. The van der Waals surface area contributed by atoms with Crippen LogP contribution in [0.15, 0.2) is 48.6 Å². The molecule has 1 aromatic rings. The molecule has 0 radical (unpaired) electrons. The Morgan fingerprint density at radius 1 is 1.21 bits per heavy atom. The van der Waals surface area contributed by atoms with Crippen molar-refractivity contribution in [2.75, 3.05) is 6.61 Å². The first kappa shape index (κ1) is 28.0. The highest BCUT2D eigenvalue weighted by atomic mass is 19.3. The first-order valence-electron chi connectivity index (χ1n) is 11.7. The van der Waals surface area contributed by atoms with Crippen LogP contribution in [-0.2, 0) is 9.53 Å². The van der Waals surface area contributed by atoms with Crippen LogP contribution in [0.1, 0.15) is 57.9 Å². The van der Waals surface area contributed by atoms with Crippen molar-refractivity contribution in [1.82, 2.24) is 0 Å². The number of carbonyl (C=O) groups is 1. The highest BCUT2D eigenvalue weighted by Crippen LogP contribution is 2.36. The predicted octanol–water partition coefficient (Wildman–Crippen LogP) is 4.35. The number of alkyl halides is 2. The maximum atomic E-state index is 12.8. The third-order valence-corrected chi connectivity index (χ3v) is 5.70. The van der Waals surface area contributed by atoms with Crippen LogP contribution in [0.5, 0.6) is 5.75 Å². The van der Waals surface area contributed by atoms with Crippen molar-refractivity contribution in [2.24, 2.45) is 11.8 Å². The van der Waals surface area contributed by atoms with Gasteiger partial charge in [-0.1, -0.05) is 36.4 Å². The summed E-state index contributed by atoms with van der Waals surface area (Å²) in [5, 5.41) is 30.9. The van der Waals surface area contributed by atoms with E-state index in [1.54, 1.807) is 6.08 Å². The summed E-state index contributed by atoms with van der Waals surface area (Å²) in [5.41, 5.74) is -0.156. The monoisotopic (exact) mass is 482 g/mol. The van der Waals surface area contributed by atoms with E-state index in [1.807, 2.05) is 26.0 Å². The van der Waals surface area contributed by atoms with Gasteiger partial charge in [0.25, 0.3) is 6.43 Å². The Hall–Kier alpha value is -2.29. The number of esters is 1. The fraction of sp³-hybridized carbons (Fsp3) is 0.577. The van der Waals surface area contributed by atoms with E-state index in [0.29, 0.717) is 25.7 Å². The molecule has 0 spiro atoms. The highest BCUT2D eigenvalue weighted by molar-refractivity contribution is 5.69. The van der Waals surface area contributed by atoms with Gasteiger partial charge in [0.2, 0.25) is 0 Å². The van der Waals surface area contributed by atoms with Gasteiger partial charge in [-0.15, -0.1) is 0 Å². The fourth-order valence-electron chi connectivity index (χ4n) is 4.00. The van der Waals surface area contributed by atoms with Gasteiger partial charge in [0.15, 0.2) is 0 Å². The molecule has 0 heterocycles. The predicted molar refractivity (Wildman–Crippen MR) is 124 cm³/mol. The average Bonchev–Trinajstić information content (AvgIpc) is 3.04. The third kappa shape index (κ3) is 9.52. The second kappa shape index (κ2) is 14.2. The molecule has 0 aromatic heterocycles. The second-order valence-electron chi connectivity index (χ2n) is 8.89. The SMILES string of the molecule is CC(C)OC(=O)CCC/C=C\C[C@@H]1[C@@H](/C=C/[C@@H](O)COc2cccc(C(F)F)c2)[C@H](O)C[C@@H]1O. The lowest BCUT2D eigenvalue weighted by atomic mass is 9.89. The van der Waals surface area contributed by atoms with Gasteiger partial charge in [-0.3, -0.25) is 4.79 Å². The Bertz CT molecular complexity index is 810. The van der Waals surface area contributed by atoms with Crippen molar-refractivity contribution in [1.29, 1.82) is 0 Å². The van der Waals surface area contributed by atoms with Crippen LogP contribution in [0.2, 0.25) is 0 Å². The molecule has 1 saturated carbocycles. The van der Waals surface area contributed by atoms with Gasteiger partial charge in [0.1, 0.15) is 18.5 Å². The molecule has 6 nitrogen and oxygen atoms in total. The minimum atomic E-state index is -2.60. The van der Waals surface area contributed by atoms with E-state index in [9.17, 15) is 28.9 Å². The molecule has 1 aliphatic carbocycles. The number of unbranched alkanes of at least 4 members (excludes halogenated alkanes) is 1. The molecule has 5 atom stereocenters. The van der Waals surface area contributed by atoms with Crippen molar-refractivity contribution in [3.63, 3.8) is 0 Å². The number of allylic oxidation sites excluding steroid dienone is 2. The van der Waals surface area contributed by atoms with Gasteiger partial charge in [0.05, 0.1) is 18.3 Å². The molecule has 1 fully saturated rings. The number of halogens is 2. The van der Waals surface area contributed by atoms with Crippen LogP contribution < -0.4 is 4.74 Å². The van der Waals surface area contributed by atoms with E-state index < -0.39 is 24.7 Å². The minimum Gasteiger partial charge on any atom is -0.491 e. The molecule has 34 heavy (non-hydrogen) atoms. The van der Waals surface area contributed by atoms with Crippen LogP contribution >= 0.6 is 0 Å². The molecule has 2 rings (SSSR count). The van der Waals surface area contributed by atoms with Crippen molar-refractivity contribution < 1.29 is 38.4 Å². The lowest BCUT2D eigenvalue weighted by Gasteiger charge is -2.19. The van der Waals surface area contributed by atoms with Crippen molar-refractivity contribution in [3.8, 4) is 5.75 Å². The summed E-state index contributed by atoms with van der Waals surface area (Å²) in [7, 11) is 0. The average molecular weight is 483 g/mol. The molecular weight excluding hydrogens is 446 g/mol. The lowest BCUT2D eigenvalue weighted by Crippen LogP contribution is -2.21. The Morgan fingerprint density at radius 2 is 1.97 bits per heavy atom. The Morgan fingerprint density at radius 3 is 2.68 bits per heavy atom. The summed E-state index contributed by atoms with van der Waals surface area (Å²) in [6.45, 7) is 3.49. The van der Waals surface area contributed by atoms with E-state index in [-0.39, 0.29) is 48.2 Å². The molecule has 1 aliphatic rings. The van der Waals surface area contributed by atoms with E-state index in [1.165, 1.54) is 30.3 Å². The molecule has 0 saturated heterocycles. The van der Waals surface area contributed by atoms with Gasteiger partial charge in [-0.2, -0.15) is 0 Å². The van der Waals surface area contributed by atoms with Crippen LogP contribution in [0.25, 0.3) is 0 Å². The summed E-state index contributed by atoms with van der Waals surface area (Å²) >= 11 is 0. The molecule has 0 unspecified atom stereocenters. The molecule has 1 aromatic carbocycles. The van der Waals surface area contributed by atoms with Crippen molar-refractivity contribution in [3.05, 3.63) is 54.1 Å². The van der Waals surface area contributed by atoms with Gasteiger partial charge in [-0.25, -0.2) is 8.78 Å². The Kier molecular flexibility index (Phi) is 11.7. The molecule has 3 N–H and O–H groups in total. The lowest BCUT2D eigenvalue weighted by molar-refractivity contribution is -0.147. The topological polar surface area (TPSA) is 96.2 Å². The Balaban J connectivity index is 1.80. The highest BCUT2D eigenvalue weighted by Gasteiger charge is 2.39. The van der Waals surface area contributed by atoms with E-state index in [4.69, 9.17) is 9.47 Å². The maximum Gasteiger partial charge on any atom is 0.306 e. The normalized spacial score (nSPS) is 23.9. The van der Waals surface area contributed by atoms with Crippen molar-refractivity contribution >= 4 is 5.97 Å². The number of ether oxygens (including phenoxy) is 2. The van der Waals surface area contributed by atoms with E-state index in [2.05, 4.69) is 0 Å². The zero-order valence-electron chi connectivity index (χ0n) is 19.7. The maximum absolute atomic E-state index is 12.8. The van der Waals surface area contributed by atoms with Crippen molar-refractivity contribution in [2.45, 2.75) is 76.8 Å². The van der Waals surface area contributed by atoms with Crippen LogP contribution in [0.4, 0.5) is 8.78 Å². The summed E-state index contributed by atoms with van der Waals surface area (Å²) in [4.78, 5) is 11.5. The van der Waals surface area contributed by atoms with Gasteiger partial charge in [0, 0.05) is 24.3 Å². The number of aliphatic hydroxyl groups is 3. The van der Waals surface area contributed by atoms with Crippen LogP contribution in [0.3, 0.4) is 0 Å². The van der Waals surface area contributed by atoms with E-state index in [0.717, 1.165) is 0 Å². The molecule has 190 valence electrons. The number of aliphatic hydroxyl groups excluding tert-OH is 3. The first-order chi connectivity index (χ1) is 16.2. The standard InChI is InChI=1S/C26H36F2O6/c1-17(2)34-25(32)11-6-4-3-5-10-21-22(24(31)15-23(21)30)13-12-19(29)16-33-20-9-7-8-18(14-20)26(27)28/h3,5,7-9,12-14,17,19,21-24,26,29-31H,4,6,10-11,15-16H2,1-2H3/b5-3-,13-12+/t19-,21-,22-,23+,24-/m1/s1. The van der Waals surface area contributed by atoms with Gasteiger partial charge >= 0.3 is 5.97 Å². The van der Waals surface area contributed by atoms with Crippen LogP contribution in [-0.4, -0.2) is 52.3 Å². The van der Waals surface area contributed by atoms with Crippen LogP contribution in [0, 0.1) is 11.8 Å². The fourth-order valence-corrected chi connectivity index (χ4v) is 4.00. The van der Waals surface area contributed by atoms with Gasteiger partial charge < -0.3 is 24.8 Å². The summed E-state index contributed by atoms with van der Waals surface area (Å²) in [6.07, 6.45) is 4.51. The number of benzene rings is 1. The molecule has 0 bridgehead atoms. The number of hydrogen-bond acceptors (Lipinski definition) is 6. The molecule has 0 amide bonds.